The average molecular weight is 255 g/mol. The Hall–Kier alpha value is -2.20. The van der Waals surface area contributed by atoms with Crippen LogP contribution < -0.4 is 5.73 Å². The third kappa shape index (κ3) is 2.22. The summed E-state index contributed by atoms with van der Waals surface area (Å²) in [6.07, 6.45) is 0. The van der Waals surface area contributed by atoms with Crippen LogP contribution in [-0.4, -0.2) is 9.55 Å². The van der Waals surface area contributed by atoms with Crippen LogP contribution >= 0.6 is 0 Å². The molecular weight excluding hydrogens is 241 g/mol. The zero-order valence-corrected chi connectivity index (χ0v) is 10.4. The summed E-state index contributed by atoms with van der Waals surface area (Å²) >= 11 is 0. The number of aromatic nitrogens is 2. The first-order valence-corrected chi connectivity index (χ1v) is 6.16. The SMILES string of the molecule is NCc1nc2cc(F)ccc2n1Cc1ccccc1. The van der Waals surface area contributed by atoms with Crippen molar-refractivity contribution in [3.8, 4) is 0 Å². The van der Waals surface area contributed by atoms with Crippen molar-refractivity contribution in [2.24, 2.45) is 5.73 Å². The van der Waals surface area contributed by atoms with E-state index in [4.69, 9.17) is 5.73 Å². The highest BCUT2D eigenvalue weighted by atomic mass is 19.1. The maximum atomic E-state index is 13.2. The summed E-state index contributed by atoms with van der Waals surface area (Å²) in [7, 11) is 0. The first-order valence-electron chi connectivity index (χ1n) is 6.16. The normalized spacial score (nSPS) is 11.1. The van der Waals surface area contributed by atoms with Crippen LogP contribution in [0.1, 0.15) is 11.4 Å². The molecule has 0 bridgehead atoms. The summed E-state index contributed by atoms with van der Waals surface area (Å²) in [6.45, 7) is 1.03. The Morgan fingerprint density at radius 2 is 1.89 bits per heavy atom. The van der Waals surface area contributed by atoms with Gasteiger partial charge in [-0.3, -0.25) is 0 Å². The maximum Gasteiger partial charge on any atom is 0.125 e. The van der Waals surface area contributed by atoms with Crippen molar-refractivity contribution in [3.63, 3.8) is 0 Å². The van der Waals surface area contributed by atoms with Gasteiger partial charge >= 0.3 is 0 Å². The minimum Gasteiger partial charge on any atom is -0.324 e. The number of hydrogen-bond donors (Lipinski definition) is 1. The lowest BCUT2D eigenvalue weighted by atomic mass is 10.2. The number of rotatable bonds is 3. The second-order valence-electron chi connectivity index (χ2n) is 4.44. The first-order chi connectivity index (χ1) is 9.28. The van der Waals surface area contributed by atoms with Gasteiger partial charge in [0.2, 0.25) is 0 Å². The van der Waals surface area contributed by atoms with Crippen LogP contribution in [0.5, 0.6) is 0 Å². The zero-order valence-electron chi connectivity index (χ0n) is 10.4. The van der Waals surface area contributed by atoms with Gasteiger partial charge in [0.25, 0.3) is 0 Å². The molecule has 0 unspecified atom stereocenters. The molecule has 3 aromatic rings. The van der Waals surface area contributed by atoms with E-state index in [-0.39, 0.29) is 5.82 Å². The molecule has 1 aromatic heterocycles. The van der Waals surface area contributed by atoms with E-state index in [1.165, 1.54) is 17.7 Å². The second-order valence-corrected chi connectivity index (χ2v) is 4.44. The van der Waals surface area contributed by atoms with Crippen LogP contribution in [0.2, 0.25) is 0 Å². The van der Waals surface area contributed by atoms with Crippen molar-refractivity contribution < 1.29 is 4.39 Å². The first kappa shape index (κ1) is 11.9. The number of benzene rings is 2. The van der Waals surface area contributed by atoms with Crippen LogP contribution in [0.3, 0.4) is 0 Å². The number of fused-ring (bicyclic) bond motifs is 1. The molecule has 0 fully saturated rings. The Bertz CT molecular complexity index is 704. The van der Waals surface area contributed by atoms with Gasteiger partial charge in [-0.1, -0.05) is 30.3 Å². The molecule has 0 saturated heterocycles. The summed E-state index contributed by atoms with van der Waals surface area (Å²) in [4.78, 5) is 4.39. The third-order valence-corrected chi connectivity index (χ3v) is 3.16. The Morgan fingerprint density at radius 3 is 2.63 bits per heavy atom. The van der Waals surface area contributed by atoms with Gasteiger partial charge in [0.1, 0.15) is 11.6 Å². The zero-order chi connectivity index (χ0) is 13.2. The van der Waals surface area contributed by atoms with E-state index in [9.17, 15) is 4.39 Å². The lowest BCUT2D eigenvalue weighted by molar-refractivity contribution is 0.629. The second kappa shape index (κ2) is 4.82. The number of nitrogens with zero attached hydrogens (tertiary/aromatic N) is 2. The summed E-state index contributed by atoms with van der Waals surface area (Å²) < 4.78 is 15.3. The molecule has 0 radical (unpaired) electrons. The molecule has 0 aliphatic carbocycles. The topological polar surface area (TPSA) is 43.8 Å². The largest absolute Gasteiger partial charge is 0.324 e. The van der Waals surface area contributed by atoms with Crippen molar-refractivity contribution >= 4 is 11.0 Å². The van der Waals surface area contributed by atoms with Crippen LogP contribution in [0, 0.1) is 5.82 Å². The van der Waals surface area contributed by atoms with E-state index in [0.29, 0.717) is 18.6 Å². The van der Waals surface area contributed by atoms with Gasteiger partial charge in [0.05, 0.1) is 17.6 Å². The molecule has 0 atom stereocenters. The van der Waals surface area contributed by atoms with E-state index in [1.54, 1.807) is 6.07 Å². The lowest BCUT2D eigenvalue weighted by Gasteiger charge is -2.08. The summed E-state index contributed by atoms with van der Waals surface area (Å²) in [5.74, 6) is 0.491. The number of halogens is 1. The highest BCUT2D eigenvalue weighted by Gasteiger charge is 2.10. The third-order valence-electron chi connectivity index (χ3n) is 3.16. The van der Waals surface area contributed by atoms with E-state index in [1.807, 2.05) is 22.8 Å². The van der Waals surface area contributed by atoms with Gasteiger partial charge < -0.3 is 10.3 Å². The number of nitrogens with two attached hydrogens (primary N) is 1. The van der Waals surface area contributed by atoms with Crippen molar-refractivity contribution in [1.29, 1.82) is 0 Å². The fourth-order valence-electron chi connectivity index (χ4n) is 2.25. The molecule has 2 aromatic carbocycles. The van der Waals surface area contributed by atoms with Crippen LogP contribution in [-0.2, 0) is 13.1 Å². The Kier molecular flexibility index (Phi) is 3.01. The van der Waals surface area contributed by atoms with Gasteiger partial charge in [-0.05, 0) is 17.7 Å². The van der Waals surface area contributed by atoms with E-state index >= 15 is 0 Å². The van der Waals surface area contributed by atoms with E-state index in [0.717, 1.165) is 11.3 Å². The van der Waals surface area contributed by atoms with Crippen LogP contribution in [0.15, 0.2) is 48.5 Å². The molecule has 3 rings (SSSR count). The Balaban J connectivity index is 2.11. The Morgan fingerprint density at radius 1 is 1.11 bits per heavy atom. The fourth-order valence-corrected chi connectivity index (χ4v) is 2.25. The summed E-state index contributed by atoms with van der Waals surface area (Å²) in [5.41, 5.74) is 8.45. The standard InChI is InChI=1S/C15H14FN3/c16-12-6-7-14-13(8-12)18-15(9-17)19(14)10-11-4-2-1-3-5-11/h1-8H,9-10,17H2. The van der Waals surface area contributed by atoms with Crippen molar-refractivity contribution in [1.82, 2.24) is 9.55 Å². The molecule has 0 amide bonds. The molecule has 0 saturated carbocycles. The van der Waals surface area contributed by atoms with Crippen LogP contribution in [0.4, 0.5) is 4.39 Å². The Labute approximate surface area is 110 Å². The monoisotopic (exact) mass is 255 g/mol. The number of hydrogen-bond acceptors (Lipinski definition) is 2. The maximum absolute atomic E-state index is 13.2. The molecule has 0 spiro atoms. The molecule has 3 nitrogen and oxygen atoms in total. The molecular formula is C15H14FN3. The fraction of sp³-hybridized carbons (Fsp3) is 0.133. The highest BCUT2D eigenvalue weighted by molar-refractivity contribution is 5.76. The van der Waals surface area contributed by atoms with Crippen molar-refractivity contribution in [3.05, 3.63) is 65.7 Å². The lowest BCUT2D eigenvalue weighted by Crippen LogP contribution is -2.09. The predicted octanol–water partition coefficient (Wildman–Crippen LogP) is 2.68. The summed E-state index contributed by atoms with van der Waals surface area (Å²) in [6, 6.07) is 14.7. The average Bonchev–Trinajstić information content (AvgIpc) is 2.77. The van der Waals surface area contributed by atoms with Gasteiger partial charge in [-0.15, -0.1) is 0 Å². The molecule has 4 heteroatoms. The predicted molar refractivity (Wildman–Crippen MR) is 73.1 cm³/mol. The van der Waals surface area contributed by atoms with Crippen LogP contribution in [0.25, 0.3) is 11.0 Å². The van der Waals surface area contributed by atoms with Crippen molar-refractivity contribution in [2.75, 3.05) is 0 Å². The van der Waals surface area contributed by atoms with E-state index < -0.39 is 0 Å². The highest BCUT2D eigenvalue weighted by Crippen LogP contribution is 2.19. The van der Waals surface area contributed by atoms with Crippen molar-refractivity contribution in [2.45, 2.75) is 13.1 Å². The molecule has 0 aliphatic heterocycles. The van der Waals surface area contributed by atoms with Gasteiger partial charge in [0.15, 0.2) is 0 Å². The molecule has 2 N–H and O–H groups in total. The molecule has 1 heterocycles. The molecule has 19 heavy (non-hydrogen) atoms. The van der Waals surface area contributed by atoms with Gasteiger partial charge in [0, 0.05) is 12.6 Å². The minimum absolute atomic E-state index is 0.277. The quantitative estimate of drug-likeness (QED) is 0.782. The molecule has 0 aliphatic rings. The smallest absolute Gasteiger partial charge is 0.125 e. The van der Waals surface area contributed by atoms with E-state index in [2.05, 4.69) is 17.1 Å². The van der Waals surface area contributed by atoms with Gasteiger partial charge in [-0.25, -0.2) is 9.37 Å². The number of imidazole rings is 1. The molecule has 96 valence electrons. The minimum atomic E-state index is -0.277. The van der Waals surface area contributed by atoms with Gasteiger partial charge in [-0.2, -0.15) is 0 Å². The summed E-state index contributed by atoms with van der Waals surface area (Å²) in [5, 5.41) is 0.